The lowest BCUT2D eigenvalue weighted by atomic mass is 9.47. The fourth-order valence-corrected chi connectivity index (χ4v) is 10.2. The zero-order chi connectivity index (χ0) is 29.6. The van der Waals surface area contributed by atoms with Gasteiger partial charge in [-0.25, -0.2) is 9.59 Å². The molecule has 0 saturated heterocycles. The number of rotatable bonds is 7. The SMILES string of the molecule is CC(C)CCC[C@@H](C)[C@H]1CC[C@H]2[C@@H]3CC=C4CC(OC(=O)Nc5cc6ccccc6oc5=O)CC[C@]4(C)[C@H]3CC[C@]12C. The number of amides is 1. The molecule has 6 rings (SSSR count). The number of ether oxygens (including phenoxy) is 1. The Morgan fingerprint density at radius 2 is 1.86 bits per heavy atom. The highest BCUT2D eigenvalue weighted by Crippen LogP contribution is 2.67. The monoisotopic (exact) mass is 573 g/mol. The van der Waals surface area contributed by atoms with E-state index in [1.807, 2.05) is 18.2 Å². The van der Waals surface area contributed by atoms with Gasteiger partial charge in [-0.05, 0) is 103 Å². The molecule has 1 amide bonds. The summed E-state index contributed by atoms with van der Waals surface area (Å²) in [5, 5.41) is 3.41. The van der Waals surface area contributed by atoms with Gasteiger partial charge in [0.25, 0.3) is 0 Å². The minimum atomic E-state index is -0.576. The number of benzene rings is 1. The van der Waals surface area contributed by atoms with Crippen LogP contribution in [0.15, 0.2) is 51.2 Å². The van der Waals surface area contributed by atoms with Crippen LogP contribution in [0.5, 0.6) is 0 Å². The summed E-state index contributed by atoms with van der Waals surface area (Å²) >= 11 is 0. The molecule has 4 aliphatic rings. The number of anilines is 1. The third kappa shape index (κ3) is 5.35. The second kappa shape index (κ2) is 11.5. The third-order valence-electron chi connectivity index (χ3n) is 12.4. The van der Waals surface area contributed by atoms with E-state index in [4.69, 9.17) is 9.15 Å². The number of carbonyl (C=O) groups is 1. The van der Waals surface area contributed by atoms with Gasteiger partial charge in [0.2, 0.25) is 0 Å². The maximum absolute atomic E-state index is 12.8. The van der Waals surface area contributed by atoms with Gasteiger partial charge >= 0.3 is 11.7 Å². The van der Waals surface area contributed by atoms with Crippen LogP contribution in [0.1, 0.15) is 105 Å². The van der Waals surface area contributed by atoms with E-state index in [0.717, 1.165) is 60.2 Å². The predicted octanol–water partition coefficient (Wildman–Crippen LogP) is 9.75. The van der Waals surface area contributed by atoms with Crippen molar-refractivity contribution in [1.29, 1.82) is 0 Å². The molecule has 1 aromatic carbocycles. The minimum absolute atomic E-state index is 0.119. The summed E-state index contributed by atoms with van der Waals surface area (Å²) in [6, 6.07) is 8.94. The number of para-hydroxylation sites is 1. The zero-order valence-corrected chi connectivity index (χ0v) is 26.4. The Morgan fingerprint density at radius 1 is 1.05 bits per heavy atom. The third-order valence-corrected chi connectivity index (χ3v) is 12.4. The summed E-state index contributed by atoms with van der Waals surface area (Å²) < 4.78 is 11.3. The number of hydrogen-bond acceptors (Lipinski definition) is 4. The van der Waals surface area contributed by atoms with Crippen molar-refractivity contribution in [2.24, 2.45) is 46.3 Å². The molecule has 228 valence electrons. The lowest BCUT2D eigenvalue weighted by molar-refractivity contribution is -0.0577. The molecule has 42 heavy (non-hydrogen) atoms. The quantitative estimate of drug-likeness (QED) is 0.264. The van der Waals surface area contributed by atoms with Crippen molar-refractivity contribution in [3.63, 3.8) is 0 Å². The maximum atomic E-state index is 12.8. The van der Waals surface area contributed by atoms with Crippen LogP contribution in [-0.2, 0) is 4.74 Å². The van der Waals surface area contributed by atoms with Crippen molar-refractivity contribution in [3.05, 3.63) is 52.4 Å². The lowest BCUT2D eigenvalue weighted by Crippen LogP contribution is -2.51. The van der Waals surface area contributed by atoms with E-state index in [1.54, 1.807) is 12.1 Å². The molecule has 3 saturated carbocycles. The smallest absolute Gasteiger partial charge is 0.412 e. The van der Waals surface area contributed by atoms with E-state index in [0.29, 0.717) is 11.0 Å². The van der Waals surface area contributed by atoms with Gasteiger partial charge in [0.15, 0.2) is 0 Å². The molecule has 4 aliphatic carbocycles. The highest BCUT2D eigenvalue weighted by Gasteiger charge is 2.59. The molecule has 3 fully saturated rings. The molecule has 5 nitrogen and oxygen atoms in total. The average molecular weight is 574 g/mol. The first-order valence-corrected chi connectivity index (χ1v) is 16.8. The molecule has 1 aromatic heterocycles. The summed E-state index contributed by atoms with van der Waals surface area (Å²) in [6.07, 6.45) is 15.4. The molecule has 5 heteroatoms. The molecule has 0 spiro atoms. The van der Waals surface area contributed by atoms with Crippen molar-refractivity contribution in [1.82, 2.24) is 0 Å². The van der Waals surface area contributed by atoms with E-state index in [-0.39, 0.29) is 17.2 Å². The fourth-order valence-electron chi connectivity index (χ4n) is 10.2. The first kappa shape index (κ1) is 29.5. The number of carbonyl (C=O) groups excluding carboxylic acids is 1. The van der Waals surface area contributed by atoms with Crippen LogP contribution in [-0.4, -0.2) is 12.2 Å². The van der Waals surface area contributed by atoms with Gasteiger partial charge in [-0.1, -0.05) is 83.7 Å². The Bertz CT molecular complexity index is 1390. The fraction of sp³-hybridized carbons (Fsp3) is 0.676. The van der Waals surface area contributed by atoms with Gasteiger partial charge in [-0.15, -0.1) is 0 Å². The van der Waals surface area contributed by atoms with Gasteiger partial charge in [-0.2, -0.15) is 0 Å². The van der Waals surface area contributed by atoms with Crippen LogP contribution < -0.4 is 10.9 Å². The second-order valence-corrected chi connectivity index (χ2v) is 15.2. The number of hydrogen-bond donors (Lipinski definition) is 1. The summed E-state index contributed by atoms with van der Waals surface area (Å²) in [4.78, 5) is 25.3. The van der Waals surface area contributed by atoms with Crippen LogP contribution in [0.25, 0.3) is 11.0 Å². The van der Waals surface area contributed by atoms with Crippen LogP contribution in [0.4, 0.5) is 10.5 Å². The topological polar surface area (TPSA) is 68.5 Å². The van der Waals surface area contributed by atoms with Crippen LogP contribution in [0.2, 0.25) is 0 Å². The number of fused-ring (bicyclic) bond motifs is 6. The summed E-state index contributed by atoms with van der Waals surface area (Å²) in [6.45, 7) is 12.4. The molecular weight excluding hydrogens is 522 g/mol. The van der Waals surface area contributed by atoms with Crippen LogP contribution in [0.3, 0.4) is 0 Å². The molecule has 0 radical (unpaired) electrons. The highest BCUT2D eigenvalue weighted by atomic mass is 16.6. The Labute approximate surface area is 251 Å². The van der Waals surface area contributed by atoms with Gasteiger partial charge in [0, 0.05) is 11.8 Å². The second-order valence-electron chi connectivity index (χ2n) is 15.2. The highest BCUT2D eigenvalue weighted by molar-refractivity contribution is 5.88. The van der Waals surface area contributed by atoms with Crippen LogP contribution in [0, 0.1) is 46.3 Å². The van der Waals surface area contributed by atoms with Gasteiger partial charge < -0.3 is 9.15 Å². The largest absolute Gasteiger partial charge is 0.446 e. The minimum Gasteiger partial charge on any atom is -0.446 e. The Kier molecular flexibility index (Phi) is 8.08. The van der Waals surface area contributed by atoms with E-state index >= 15 is 0 Å². The zero-order valence-electron chi connectivity index (χ0n) is 26.4. The van der Waals surface area contributed by atoms with Gasteiger partial charge in [0.1, 0.15) is 17.4 Å². The average Bonchev–Trinajstić information content (AvgIpc) is 3.31. The van der Waals surface area contributed by atoms with Gasteiger partial charge in [-0.3, -0.25) is 5.32 Å². The van der Waals surface area contributed by atoms with E-state index in [9.17, 15) is 9.59 Å². The predicted molar refractivity (Wildman–Crippen MR) is 169 cm³/mol. The molecule has 1 heterocycles. The first-order chi connectivity index (χ1) is 20.1. The molecular formula is C37H51NO4. The molecule has 8 atom stereocenters. The first-order valence-electron chi connectivity index (χ1n) is 16.8. The molecule has 2 aromatic rings. The lowest BCUT2D eigenvalue weighted by Gasteiger charge is -2.58. The summed E-state index contributed by atoms with van der Waals surface area (Å²) in [5.41, 5.74) is 2.26. The number of nitrogens with one attached hydrogen (secondary N) is 1. The van der Waals surface area contributed by atoms with Gasteiger partial charge in [0.05, 0.1) is 0 Å². The summed E-state index contributed by atoms with van der Waals surface area (Å²) in [5.74, 6) is 4.89. The molecule has 1 N–H and O–H groups in total. The Hall–Kier alpha value is -2.56. The van der Waals surface area contributed by atoms with Crippen molar-refractivity contribution in [3.8, 4) is 0 Å². The molecule has 0 aliphatic heterocycles. The van der Waals surface area contributed by atoms with Crippen LogP contribution >= 0.6 is 0 Å². The van der Waals surface area contributed by atoms with Crippen molar-refractivity contribution >= 4 is 22.7 Å². The van der Waals surface area contributed by atoms with Crippen molar-refractivity contribution in [2.45, 2.75) is 111 Å². The molecule has 0 bridgehead atoms. The number of allylic oxidation sites excluding steroid dienone is 1. The van der Waals surface area contributed by atoms with Crippen molar-refractivity contribution in [2.75, 3.05) is 5.32 Å². The van der Waals surface area contributed by atoms with E-state index in [1.165, 1.54) is 56.9 Å². The van der Waals surface area contributed by atoms with E-state index < -0.39 is 11.7 Å². The van der Waals surface area contributed by atoms with Crippen molar-refractivity contribution < 1.29 is 13.9 Å². The van der Waals surface area contributed by atoms with E-state index in [2.05, 4.69) is 46.0 Å². The normalized spacial score (nSPS) is 34.7. The summed E-state index contributed by atoms with van der Waals surface area (Å²) in [7, 11) is 0. The molecule has 1 unspecified atom stereocenters. The Morgan fingerprint density at radius 3 is 2.67 bits per heavy atom. The Balaban J connectivity index is 1.10. The maximum Gasteiger partial charge on any atom is 0.412 e. The standard InChI is InChI=1S/C37H51NO4/c1-23(2)9-8-10-24(3)29-15-16-30-28-14-13-26-22-27(17-19-36(26,4)31(28)18-20-37(29,30)5)41-35(40)38-32-21-25-11-6-7-12-33(25)42-34(32)39/h6-7,11-13,21,23-24,27-31H,8-10,14-20,22H2,1-5H3,(H,38,40)/t24-,27?,28+,29-,30+,31+,36+,37-/m1/s1.